The van der Waals surface area contributed by atoms with E-state index >= 15 is 0 Å². The van der Waals surface area contributed by atoms with E-state index in [-0.39, 0.29) is 5.97 Å². The van der Waals surface area contributed by atoms with Gasteiger partial charge in [-0.1, -0.05) is 30.0 Å². The number of aryl methyl sites for hydroxylation is 1. The minimum absolute atomic E-state index is 0.184. The van der Waals surface area contributed by atoms with Crippen LogP contribution in [0.3, 0.4) is 0 Å². The highest BCUT2D eigenvalue weighted by molar-refractivity contribution is 8.00. The lowest BCUT2D eigenvalue weighted by Gasteiger charge is -2.02. The number of carbonyl (C=O) groups is 1. The van der Waals surface area contributed by atoms with Gasteiger partial charge in [-0.25, -0.2) is 0 Å². The smallest absolute Gasteiger partial charge is 0.316 e. The summed E-state index contributed by atoms with van der Waals surface area (Å²) in [5.41, 5.74) is 3.18. The molecule has 0 saturated heterocycles. The van der Waals surface area contributed by atoms with Gasteiger partial charge in [-0.2, -0.15) is 0 Å². The van der Waals surface area contributed by atoms with Crippen LogP contribution in [0.25, 0.3) is 0 Å². The summed E-state index contributed by atoms with van der Waals surface area (Å²) >= 11 is 1.47. The molecule has 0 aliphatic rings. The third-order valence-electron chi connectivity index (χ3n) is 3.00. The van der Waals surface area contributed by atoms with Crippen molar-refractivity contribution < 1.29 is 9.53 Å². The van der Waals surface area contributed by atoms with Crippen LogP contribution in [0.2, 0.25) is 0 Å². The lowest BCUT2D eigenvalue weighted by atomic mass is 10.1. The molecule has 0 aliphatic heterocycles. The van der Waals surface area contributed by atoms with Crippen LogP contribution >= 0.6 is 11.8 Å². The topological polar surface area (TPSA) is 26.3 Å². The van der Waals surface area contributed by atoms with Gasteiger partial charge in [-0.3, -0.25) is 4.79 Å². The predicted octanol–water partition coefficient (Wildman–Crippen LogP) is 4.05. The van der Waals surface area contributed by atoms with Gasteiger partial charge >= 0.3 is 5.97 Å². The van der Waals surface area contributed by atoms with Crippen LogP contribution in [0.5, 0.6) is 0 Å². The minimum atomic E-state index is -0.184. The molecule has 2 nitrogen and oxygen atoms in total. The number of carbonyl (C=O) groups excluding carboxylic acids is 1. The van der Waals surface area contributed by atoms with Gasteiger partial charge in [-0.05, 0) is 49.7 Å². The lowest BCUT2D eigenvalue weighted by Crippen LogP contribution is -2.06. The van der Waals surface area contributed by atoms with Gasteiger partial charge in [0.05, 0.1) is 12.4 Å². The lowest BCUT2D eigenvalue weighted by molar-refractivity contribution is -0.139. The first-order chi connectivity index (χ1) is 10.7. The zero-order valence-corrected chi connectivity index (χ0v) is 13.6. The van der Waals surface area contributed by atoms with E-state index in [1.54, 1.807) is 0 Å². The molecule has 0 aromatic heterocycles. The number of hydrogen-bond donors (Lipinski definition) is 0. The van der Waals surface area contributed by atoms with E-state index in [1.807, 2.05) is 49.4 Å². The molecular formula is C19H18O2S. The summed E-state index contributed by atoms with van der Waals surface area (Å²) in [6.45, 7) is 4.29. The second-order valence-electron chi connectivity index (χ2n) is 4.68. The quantitative estimate of drug-likeness (QED) is 0.484. The highest BCUT2D eigenvalue weighted by Gasteiger charge is 2.02. The SMILES string of the molecule is CCOC(=O)CSc1ccc(C#Cc2ccccc2C)cc1. The van der Waals surface area contributed by atoms with Crippen molar-refractivity contribution in [3.8, 4) is 11.8 Å². The molecule has 0 unspecified atom stereocenters. The average molecular weight is 310 g/mol. The Morgan fingerprint density at radius 2 is 1.82 bits per heavy atom. The first-order valence-electron chi connectivity index (χ1n) is 7.15. The van der Waals surface area contributed by atoms with Crippen LogP contribution in [0.15, 0.2) is 53.4 Å². The number of ether oxygens (including phenoxy) is 1. The van der Waals surface area contributed by atoms with Crippen LogP contribution < -0.4 is 0 Å². The third-order valence-corrected chi connectivity index (χ3v) is 3.99. The molecule has 0 bridgehead atoms. The van der Waals surface area contributed by atoms with Crippen LogP contribution in [-0.2, 0) is 9.53 Å². The molecule has 112 valence electrons. The van der Waals surface area contributed by atoms with Crippen molar-refractivity contribution in [3.63, 3.8) is 0 Å². The Labute approximate surface area is 135 Å². The third kappa shape index (κ3) is 4.98. The van der Waals surface area contributed by atoms with Gasteiger partial charge in [0, 0.05) is 16.0 Å². The summed E-state index contributed by atoms with van der Waals surface area (Å²) in [6.07, 6.45) is 0. The number of hydrogen-bond acceptors (Lipinski definition) is 3. The number of esters is 1. The standard InChI is InChI=1S/C19H18O2S/c1-3-21-19(20)14-22-18-12-9-16(10-13-18)8-11-17-7-5-4-6-15(17)2/h4-7,9-10,12-13H,3,14H2,1-2H3. The summed E-state index contributed by atoms with van der Waals surface area (Å²) in [5, 5.41) is 0. The van der Waals surface area contributed by atoms with Crippen LogP contribution in [0.4, 0.5) is 0 Å². The van der Waals surface area contributed by atoms with E-state index in [4.69, 9.17) is 4.74 Å². The molecule has 0 N–H and O–H groups in total. The largest absolute Gasteiger partial charge is 0.465 e. The summed E-state index contributed by atoms with van der Waals surface area (Å²) in [7, 11) is 0. The van der Waals surface area contributed by atoms with E-state index in [1.165, 1.54) is 17.3 Å². The summed E-state index contributed by atoms with van der Waals surface area (Å²) in [4.78, 5) is 12.3. The summed E-state index contributed by atoms with van der Waals surface area (Å²) in [5.74, 6) is 6.50. The Hall–Kier alpha value is -2.18. The number of benzene rings is 2. The fourth-order valence-electron chi connectivity index (χ4n) is 1.83. The Kier molecular flexibility index (Phi) is 6.12. The molecule has 0 aliphatic carbocycles. The van der Waals surface area contributed by atoms with E-state index in [0.29, 0.717) is 12.4 Å². The van der Waals surface area contributed by atoms with E-state index in [2.05, 4.69) is 24.8 Å². The fourth-order valence-corrected chi connectivity index (χ4v) is 2.53. The second kappa shape index (κ2) is 8.31. The highest BCUT2D eigenvalue weighted by atomic mass is 32.2. The van der Waals surface area contributed by atoms with E-state index < -0.39 is 0 Å². The van der Waals surface area contributed by atoms with Crippen molar-refractivity contribution in [2.24, 2.45) is 0 Å². The van der Waals surface area contributed by atoms with E-state index in [9.17, 15) is 4.79 Å². The van der Waals surface area contributed by atoms with Crippen molar-refractivity contribution in [2.75, 3.05) is 12.4 Å². The van der Waals surface area contributed by atoms with Gasteiger partial charge in [0.2, 0.25) is 0 Å². The molecular weight excluding hydrogens is 292 g/mol. The Morgan fingerprint density at radius 3 is 2.50 bits per heavy atom. The molecule has 0 spiro atoms. The predicted molar refractivity (Wildman–Crippen MR) is 91.0 cm³/mol. The monoisotopic (exact) mass is 310 g/mol. The molecule has 3 heteroatoms. The van der Waals surface area contributed by atoms with Crippen molar-refractivity contribution in [1.29, 1.82) is 0 Å². The van der Waals surface area contributed by atoms with Gasteiger partial charge in [-0.15, -0.1) is 11.8 Å². The Bertz CT molecular complexity index is 693. The normalized spacial score (nSPS) is 9.73. The molecule has 2 aromatic carbocycles. The van der Waals surface area contributed by atoms with Crippen molar-refractivity contribution >= 4 is 17.7 Å². The van der Waals surface area contributed by atoms with Crippen molar-refractivity contribution in [2.45, 2.75) is 18.7 Å². The molecule has 2 aromatic rings. The van der Waals surface area contributed by atoms with Gasteiger partial charge in [0.1, 0.15) is 0 Å². The molecule has 0 fully saturated rings. The number of rotatable bonds is 4. The first kappa shape index (κ1) is 16.2. The summed E-state index contributed by atoms with van der Waals surface area (Å²) in [6, 6.07) is 16.0. The fraction of sp³-hybridized carbons (Fsp3) is 0.211. The van der Waals surface area contributed by atoms with Crippen molar-refractivity contribution in [3.05, 3.63) is 65.2 Å². The zero-order chi connectivity index (χ0) is 15.8. The highest BCUT2D eigenvalue weighted by Crippen LogP contribution is 2.18. The maximum Gasteiger partial charge on any atom is 0.316 e. The first-order valence-corrected chi connectivity index (χ1v) is 8.13. The maximum atomic E-state index is 11.3. The minimum Gasteiger partial charge on any atom is -0.465 e. The van der Waals surface area contributed by atoms with Crippen molar-refractivity contribution in [1.82, 2.24) is 0 Å². The molecule has 0 radical (unpaired) electrons. The Balaban J connectivity index is 1.98. The van der Waals surface area contributed by atoms with Crippen LogP contribution in [0.1, 0.15) is 23.6 Å². The zero-order valence-electron chi connectivity index (χ0n) is 12.8. The maximum absolute atomic E-state index is 11.3. The molecule has 0 saturated carbocycles. The van der Waals surface area contributed by atoms with Crippen LogP contribution in [0, 0.1) is 18.8 Å². The Morgan fingerprint density at radius 1 is 1.09 bits per heavy atom. The van der Waals surface area contributed by atoms with Gasteiger partial charge in [0.15, 0.2) is 0 Å². The van der Waals surface area contributed by atoms with E-state index in [0.717, 1.165) is 16.0 Å². The number of thioether (sulfide) groups is 1. The molecule has 0 heterocycles. The average Bonchev–Trinajstić information content (AvgIpc) is 2.53. The molecule has 0 atom stereocenters. The molecule has 2 rings (SSSR count). The second-order valence-corrected chi connectivity index (χ2v) is 5.73. The molecule has 22 heavy (non-hydrogen) atoms. The molecule has 0 amide bonds. The van der Waals surface area contributed by atoms with Crippen LogP contribution in [-0.4, -0.2) is 18.3 Å². The van der Waals surface area contributed by atoms with Gasteiger partial charge < -0.3 is 4.74 Å². The summed E-state index contributed by atoms with van der Waals surface area (Å²) < 4.78 is 4.90. The van der Waals surface area contributed by atoms with Gasteiger partial charge in [0.25, 0.3) is 0 Å².